The number of carbonyl (C=O) groups is 1. The molecule has 4 rings (SSSR count). The molecule has 3 aromatic rings. The standard InChI is InChI=1S/C19H19ClN4O2S/c1-26-18(25)16-17(20)22-19(27-16)23-10-8-15-14(11-23)21-12-24(15)9-7-13-5-3-2-4-6-13/h2-6,12H,7-11H2,1H3. The number of thiazole rings is 1. The van der Waals surface area contributed by atoms with Crippen molar-refractivity contribution in [3.05, 3.63) is 63.6 Å². The van der Waals surface area contributed by atoms with Crippen molar-refractivity contribution in [2.24, 2.45) is 0 Å². The Morgan fingerprint density at radius 3 is 2.93 bits per heavy atom. The molecular formula is C19H19ClN4O2S. The third-order valence-electron chi connectivity index (χ3n) is 4.69. The smallest absolute Gasteiger partial charge is 0.351 e. The van der Waals surface area contributed by atoms with Gasteiger partial charge in [-0.15, -0.1) is 0 Å². The first kappa shape index (κ1) is 18.0. The van der Waals surface area contributed by atoms with Gasteiger partial charge in [0.25, 0.3) is 0 Å². The van der Waals surface area contributed by atoms with Gasteiger partial charge in [0.2, 0.25) is 0 Å². The van der Waals surface area contributed by atoms with Gasteiger partial charge in [-0.3, -0.25) is 0 Å². The molecule has 6 nitrogen and oxygen atoms in total. The van der Waals surface area contributed by atoms with E-state index < -0.39 is 5.97 Å². The van der Waals surface area contributed by atoms with Gasteiger partial charge >= 0.3 is 5.97 Å². The van der Waals surface area contributed by atoms with Crippen molar-refractivity contribution in [3.8, 4) is 0 Å². The van der Waals surface area contributed by atoms with Gasteiger partial charge in [0.15, 0.2) is 15.2 Å². The second-order valence-electron chi connectivity index (χ2n) is 6.35. The quantitative estimate of drug-likeness (QED) is 0.610. The van der Waals surface area contributed by atoms with E-state index >= 15 is 0 Å². The fraction of sp³-hybridized carbons (Fsp3) is 0.316. The normalized spacial score (nSPS) is 13.5. The summed E-state index contributed by atoms with van der Waals surface area (Å²) in [7, 11) is 1.34. The molecule has 0 atom stereocenters. The lowest BCUT2D eigenvalue weighted by Crippen LogP contribution is -2.31. The first-order valence-electron chi connectivity index (χ1n) is 8.72. The summed E-state index contributed by atoms with van der Waals surface area (Å²) in [5.41, 5.74) is 3.66. The molecule has 0 spiro atoms. The Morgan fingerprint density at radius 2 is 2.15 bits per heavy atom. The Bertz CT molecular complexity index is 954. The Balaban J connectivity index is 1.47. The number of carbonyl (C=O) groups excluding carboxylic acids is 1. The predicted octanol–water partition coefficient (Wildman–Crippen LogP) is 3.59. The first-order valence-corrected chi connectivity index (χ1v) is 9.91. The highest BCUT2D eigenvalue weighted by atomic mass is 35.5. The number of esters is 1. The van der Waals surface area contributed by atoms with Crippen LogP contribution in [-0.2, 0) is 30.7 Å². The van der Waals surface area contributed by atoms with Crippen LogP contribution in [0.2, 0.25) is 5.15 Å². The lowest BCUT2D eigenvalue weighted by Gasteiger charge is -2.26. The van der Waals surface area contributed by atoms with Crippen LogP contribution in [0.25, 0.3) is 0 Å². The van der Waals surface area contributed by atoms with Crippen molar-refractivity contribution < 1.29 is 9.53 Å². The molecule has 0 fully saturated rings. The molecule has 140 valence electrons. The van der Waals surface area contributed by atoms with Crippen molar-refractivity contribution >= 4 is 34.0 Å². The molecule has 0 N–H and O–H groups in total. The summed E-state index contributed by atoms with van der Waals surface area (Å²) in [5, 5.41) is 0.922. The molecule has 1 aliphatic heterocycles. The van der Waals surface area contributed by atoms with Crippen LogP contribution in [0.3, 0.4) is 0 Å². The number of rotatable bonds is 5. The third kappa shape index (κ3) is 3.70. The third-order valence-corrected chi connectivity index (χ3v) is 6.17. The van der Waals surface area contributed by atoms with E-state index in [1.165, 1.54) is 29.7 Å². The van der Waals surface area contributed by atoms with Gasteiger partial charge in [-0.05, 0) is 12.0 Å². The number of halogens is 1. The van der Waals surface area contributed by atoms with Crippen LogP contribution in [-0.4, -0.2) is 34.2 Å². The van der Waals surface area contributed by atoms with E-state index in [1.807, 2.05) is 12.4 Å². The largest absolute Gasteiger partial charge is 0.465 e. The van der Waals surface area contributed by atoms with Gasteiger partial charge in [0.1, 0.15) is 0 Å². The maximum absolute atomic E-state index is 11.8. The van der Waals surface area contributed by atoms with Crippen LogP contribution in [0, 0.1) is 0 Å². The monoisotopic (exact) mass is 402 g/mol. The molecule has 0 bridgehead atoms. The molecule has 0 unspecified atom stereocenters. The number of anilines is 1. The number of ether oxygens (including phenoxy) is 1. The number of fused-ring (bicyclic) bond motifs is 1. The molecule has 3 heterocycles. The number of hydrogen-bond donors (Lipinski definition) is 0. The van der Waals surface area contributed by atoms with Gasteiger partial charge in [-0.2, -0.15) is 0 Å². The minimum absolute atomic E-state index is 0.195. The van der Waals surface area contributed by atoms with Gasteiger partial charge < -0.3 is 14.2 Å². The minimum atomic E-state index is -0.452. The maximum Gasteiger partial charge on any atom is 0.351 e. The molecule has 2 aromatic heterocycles. The fourth-order valence-electron chi connectivity index (χ4n) is 3.27. The summed E-state index contributed by atoms with van der Waals surface area (Å²) in [5.74, 6) is -0.452. The zero-order chi connectivity index (χ0) is 18.8. The topological polar surface area (TPSA) is 60.2 Å². The lowest BCUT2D eigenvalue weighted by molar-refractivity contribution is 0.0606. The molecular weight excluding hydrogens is 384 g/mol. The molecule has 0 amide bonds. The lowest BCUT2D eigenvalue weighted by atomic mass is 10.1. The molecule has 0 saturated carbocycles. The number of aromatic nitrogens is 3. The van der Waals surface area contributed by atoms with Crippen molar-refractivity contribution in [2.75, 3.05) is 18.6 Å². The number of methoxy groups -OCH3 is 1. The van der Waals surface area contributed by atoms with Crippen LogP contribution >= 0.6 is 22.9 Å². The average Bonchev–Trinajstić information content (AvgIpc) is 3.29. The number of benzene rings is 1. The zero-order valence-electron chi connectivity index (χ0n) is 14.9. The average molecular weight is 403 g/mol. The van der Waals surface area contributed by atoms with E-state index in [-0.39, 0.29) is 5.15 Å². The van der Waals surface area contributed by atoms with Gasteiger partial charge in [-0.25, -0.2) is 14.8 Å². The fourth-order valence-corrected chi connectivity index (χ4v) is 4.49. The maximum atomic E-state index is 11.8. The zero-order valence-corrected chi connectivity index (χ0v) is 16.5. The van der Waals surface area contributed by atoms with Gasteiger partial charge in [0.05, 0.1) is 25.7 Å². The van der Waals surface area contributed by atoms with Crippen LogP contribution in [0.1, 0.15) is 26.6 Å². The highest BCUT2D eigenvalue weighted by Gasteiger charge is 2.26. The number of imidazole rings is 1. The van der Waals surface area contributed by atoms with Gasteiger partial charge in [-0.1, -0.05) is 53.3 Å². The van der Waals surface area contributed by atoms with Crippen LogP contribution in [0.4, 0.5) is 5.13 Å². The van der Waals surface area contributed by atoms with E-state index in [4.69, 9.17) is 16.3 Å². The first-order chi connectivity index (χ1) is 13.2. The second kappa shape index (κ2) is 7.70. The van der Waals surface area contributed by atoms with Crippen LogP contribution in [0.5, 0.6) is 0 Å². The molecule has 8 heteroatoms. The minimum Gasteiger partial charge on any atom is -0.465 e. The van der Waals surface area contributed by atoms with Gasteiger partial charge in [0, 0.05) is 25.2 Å². The highest BCUT2D eigenvalue weighted by Crippen LogP contribution is 2.33. The second-order valence-corrected chi connectivity index (χ2v) is 7.68. The summed E-state index contributed by atoms with van der Waals surface area (Å²) < 4.78 is 7.00. The molecule has 0 aliphatic carbocycles. The van der Waals surface area contributed by atoms with E-state index in [0.29, 0.717) is 11.4 Å². The summed E-state index contributed by atoms with van der Waals surface area (Å²) in [6.07, 6.45) is 3.79. The van der Waals surface area contributed by atoms with Crippen molar-refractivity contribution in [3.63, 3.8) is 0 Å². The van der Waals surface area contributed by atoms with Crippen molar-refractivity contribution in [1.82, 2.24) is 14.5 Å². The Morgan fingerprint density at radius 1 is 1.33 bits per heavy atom. The number of hydrogen-bond acceptors (Lipinski definition) is 6. The predicted molar refractivity (Wildman–Crippen MR) is 106 cm³/mol. The van der Waals surface area contributed by atoms with Crippen molar-refractivity contribution in [1.29, 1.82) is 0 Å². The van der Waals surface area contributed by atoms with Crippen LogP contribution in [0.15, 0.2) is 36.7 Å². The number of nitrogens with zero attached hydrogens (tertiary/aromatic N) is 4. The summed E-state index contributed by atoms with van der Waals surface area (Å²) in [6.45, 7) is 2.40. The summed E-state index contributed by atoms with van der Waals surface area (Å²) in [4.78, 5) is 23.1. The van der Waals surface area contributed by atoms with E-state index in [1.54, 1.807) is 0 Å². The Hall–Kier alpha value is -2.38. The van der Waals surface area contributed by atoms with E-state index in [2.05, 4.69) is 43.7 Å². The molecule has 1 aromatic carbocycles. The Kier molecular flexibility index (Phi) is 5.13. The highest BCUT2D eigenvalue weighted by molar-refractivity contribution is 7.18. The molecule has 1 aliphatic rings. The SMILES string of the molecule is COC(=O)c1sc(N2CCc3c(ncn3CCc3ccccc3)C2)nc1Cl. The van der Waals surface area contributed by atoms with E-state index in [9.17, 15) is 4.79 Å². The van der Waals surface area contributed by atoms with Crippen molar-refractivity contribution in [2.45, 2.75) is 25.9 Å². The van der Waals surface area contributed by atoms with E-state index in [0.717, 1.165) is 36.8 Å². The molecule has 0 saturated heterocycles. The number of aryl methyl sites for hydroxylation is 2. The van der Waals surface area contributed by atoms with Crippen LogP contribution < -0.4 is 4.90 Å². The molecule has 27 heavy (non-hydrogen) atoms. The summed E-state index contributed by atoms with van der Waals surface area (Å²) >= 11 is 7.36. The Labute approximate surface area is 166 Å². The summed E-state index contributed by atoms with van der Waals surface area (Å²) in [6, 6.07) is 10.5. The molecule has 0 radical (unpaired) electrons.